The van der Waals surface area contributed by atoms with Gasteiger partial charge in [0, 0.05) is 25.7 Å². The highest BCUT2D eigenvalue weighted by molar-refractivity contribution is 7.99. The fourth-order valence-corrected chi connectivity index (χ4v) is 4.27. The Hall–Kier alpha value is -3.53. The highest BCUT2D eigenvalue weighted by Gasteiger charge is 2.18. The molecule has 0 radical (unpaired) electrons. The molecule has 3 aromatic rings. The van der Waals surface area contributed by atoms with E-state index in [1.54, 1.807) is 15.8 Å². The smallest absolute Gasteiger partial charge is 0.233 e. The topological polar surface area (TPSA) is 98.6 Å². The molecular weight excluding hydrogens is 442 g/mol. The van der Waals surface area contributed by atoms with Crippen LogP contribution in [0.2, 0.25) is 0 Å². The van der Waals surface area contributed by atoms with E-state index < -0.39 is 0 Å². The lowest BCUT2D eigenvalue weighted by molar-refractivity contribution is -0.128. The Labute approximate surface area is 196 Å². The molecule has 9 nitrogen and oxygen atoms in total. The summed E-state index contributed by atoms with van der Waals surface area (Å²) in [6.45, 7) is 5.56. The monoisotopic (exact) mass is 467 g/mol. The first-order valence-corrected chi connectivity index (χ1v) is 11.6. The number of hydrogen-bond donors (Lipinski definition) is 1. The minimum absolute atomic E-state index is 0.000985. The number of rotatable bonds is 8. The van der Waals surface area contributed by atoms with Gasteiger partial charge in [-0.2, -0.15) is 0 Å². The quantitative estimate of drug-likeness (QED) is 0.508. The number of carbonyl (C=O) groups excluding carboxylic acids is 2. The number of ether oxygens (including phenoxy) is 2. The van der Waals surface area contributed by atoms with Gasteiger partial charge in [-0.1, -0.05) is 23.9 Å². The lowest BCUT2D eigenvalue weighted by Gasteiger charge is -2.23. The first-order valence-electron chi connectivity index (χ1n) is 10.6. The molecular formula is C23H25N5O4S. The van der Waals surface area contributed by atoms with Gasteiger partial charge in [-0.25, -0.2) is 0 Å². The molecule has 0 atom stereocenters. The van der Waals surface area contributed by atoms with Crippen LogP contribution in [-0.2, 0) is 16.1 Å². The van der Waals surface area contributed by atoms with Crippen molar-refractivity contribution >= 4 is 29.3 Å². The molecule has 0 unspecified atom stereocenters. The summed E-state index contributed by atoms with van der Waals surface area (Å²) in [5, 5.41) is 11.5. The van der Waals surface area contributed by atoms with Gasteiger partial charge in [0.05, 0.1) is 11.4 Å². The van der Waals surface area contributed by atoms with Crippen molar-refractivity contribution < 1.29 is 19.1 Å². The Morgan fingerprint density at radius 3 is 2.76 bits per heavy atom. The summed E-state index contributed by atoms with van der Waals surface area (Å²) in [6, 6.07) is 13.1. The Kier molecular flexibility index (Phi) is 7.13. The van der Waals surface area contributed by atoms with Gasteiger partial charge in [0.25, 0.3) is 0 Å². The number of hydrogen-bond acceptors (Lipinski definition) is 7. The van der Waals surface area contributed by atoms with Crippen LogP contribution in [0.15, 0.2) is 53.9 Å². The van der Waals surface area contributed by atoms with Crippen LogP contribution >= 0.6 is 11.8 Å². The molecule has 172 valence electrons. The van der Waals surface area contributed by atoms with E-state index in [1.807, 2.05) is 49.4 Å². The van der Waals surface area contributed by atoms with Crippen LogP contribution in [0.5, 0.6) is 11.5 Å². The summed E-state index contributed by atoms with van der Waals surface area (Å²) in [7, 11) is 0. The molecule has 10 heteroatoms. The minimum atomic E-state index is -0.145. The number of nitrogens with one attached hydrogen (secondary N) is 1. The highest BCUT2D eigenvalue weighted by atomic mass is 32.2. The number of thioether (sulfide) groups is 1. The number of anilines is 1. The van der Waals surface area contributed by atoms with Crippen molar-refractivity contribution in [2.45, 2.75) is 25.5 Å². The molecule has 1 N–H and O–H groups in total. The summed E-state index contributed by atoms with van der Waals surface area (Å²) in [5.41, 5.74) is 2.46. The molecule has 1 aliphatic rings. The fraction of sp³-hybridized carbons (Fsp3) is 0.304. The van der Waals surface area contributed by atoms with Crippen molar-refractivity contribution in [3.8, 4) is 17.2 Å². The fourth-order valence-electron chi connectivity index (χ4n) is 3.44. The van der Waals surface area contributed by atoms with Gasteiger partial charge >= 0.3 is 0 Å². The largest absolute Gasteiger partial charge is 0.486 e. The van der Waals surface area contributed by atoms with Crippen molar-refractivity contribution in [1.82, 2.24) is 19.7 Å². The average molecular weight is 468 g/mol. The van der Waals surface area contributed by atoms with E-state index in [4.69, 9.17) is 9.47 Å². The third-order valence-corrected chi connectivity index (χ3v) is 5.93. The maximum absolute atomic E-state index is 12.9. The van der Waals surface area contributed by atoms with Crippen LogP contribution < -0.4 is 14.8 Å². The molecule has 0 fully saturated rings. The zero-order valence-corrected chi connectivity index (χ0v) is 19.3. The second-order valence-electron chi connectivity index (χ2n) is 7.39. The number of amides is 2. The lowest BCUT2D eigenvalue weighted by atomic mass is 10.2. The van der Waals surface area contributed by atoms with Crippen molar-refractivity contribution in [2.24, 2.45) is 0 Å². The second kappa shape index (κ2) is 10.4. The molecule has 2 amide bonds. The molecule has 1 aromatic heterocycles. The SMILES string of the molecule is CCN(Cc1ccc2c(c1)OCCO2)C(=O)CSc1nncn1-c1cccc(NC(C)=O)c1. The third kappa shape index (κ3) is 5.64. The molecule has 33 heavy (non-hydrogen) atoms. The van der Waals surface area contributed by atoms with E-state index in [-0.39, 0.29) is 17.6 Å². The van der Waals surface area contributed by atoms with E-state index in [1.165, 1.54) is 18.7 Å². The van der Waals surface area contributed by atoms with E-state index in [0.29, 0.717) is 42.9 Å². The maximum atomic E-state index is 12.9. The Bertz CT molecular complexity index is 1150. The van der Waals surface area contributed by atoms with Crippen LogP contribution in [0.1, 0.15) is 19.4 Å². The normalized spacial score (nSPS) is 12.3. The Morgan fingerprint density at radius 2 is 1.97 bits per heavy atom. The van der Waals surface area contributed by atoms with Gasteiger partial charge in [-0.05, 0) is 42.8 Å². The van der Waals surface area contributed by atoms with Crippen LogP contribution in [0.25, 0.3) is 5.69 Å². The number of fused-ring (bicyclic) bond motifs is 1. The summed E-state index contributed by atoms with van der Waals surface area (Å²) in [5.74, 6) is 1.53. The predicted octanol–water partition coefficient (Wildman–Crippen LogP) is 3.14. The van der Waals surface area contributed by atoms with Gasteiger partial charge < -0.3 is 19.7 Å². The number of aromatic nitrogens is 3. The average Bonchev–Trinajstić information content (AvgIpc) is 3.29. The number of benzene rings is 2. The molecule has 0 bridgehead atoms. The molecule has 0 saturated heterocycles. The van der Waals surface area contributed by atoms with E-state index in [0.717, 1.165) is 17.0 Å². The standard InChI is InChI=1S/C23H25N5O4S/c1-3-27(13-17-7-8-20-21(11-17)32-10-9-31-20)22(30)14-33-23-26-24-15-28(23)19-6-4-5-18(12-19)25-16(2)29/h4-8,11-12,15H,3,9-10,13-14H2,1-2H3,(H,25,29). The van der Waals surface area contributed by atoms with E-state index in [9.17, 15) is 9.59 Å². The predicted molar refractivity (Wildman–Crippen MR) is 125 cm³/mol. The Balaban J connectivity index is 1.40. The third-order valence-electron chi connectivity index (χ3n) is 5.00. The van der Waals surface area contributed by atoms with Crippen LogP contribution in [-0.4, -0.2) is 57.0 Å². The minimum Gasteiger partial charge on any atom is -0.486 e. The maximum Gasteiger partial charge on any atom is 0.233 e. The lowest BCUT2D eigenvalue weighted by Crippen LogP contribution is -2.31. The number of carbonyl (C=O) groups is 2. The highest BCUT2D eigenvalue weighted by Crippen LogP contribution is 2.31. The first kappa shape index (κ1) is 22.7. The van der Waals surface area contributed by atoms with E-state index >= 15 is 0 Å². The van der Waals surface area contributed by atoms with Gasteiger partial charge in [-0.3, -0.25) is 14.2 Å². The van der Waals surface area contributed by atoms with Gasteiger partial charge in [0.2, 0.25) is 11.8 Å². The molecule has 1 aliphatic heterocycles. The summed E-state index contributed by atoms with van der Waals surface area (Å²) in [4.78, 5) is 26.1. The Morgan fingerprint density at radius 1 is 1.15 bits per heavy atom. The zero-order valence-electron chi connectivity index (χ0n) is 18.5. The van der Waals surface area contributed by atoms with Crippen molar-refractivity contribution in [3.05, 3.63) is 54.4 Å². The van der Waals surface area contributed by atoms with Crippen molar-refractivity contribution in [1.29, 1.82) is 0 Å². The van der Waals surface area contributed by atoms with Crippen molar-refractivity contribution in [3.63, 3.8) is 0 Å². The summed E-state index contributed by atoms with van der Waals surface area (Å²) < 4.78 is 13.0. The summed E-state index contributed by atoms with van der Waals surface area (Å²) in [6.07, 6.45) is 1.59. The number of nitrogens with zero attached hydrogens (tertiary/aromatic N) is 4. The van der Waals surface area contributed by atoms with Crippen LogP contribution in [0.4, 0.5) is 5.69 Å². The summed E-state index contributed by atoms with van der Waals surface area (Å²) >= 11 is 1.32. The molecule has 2 heterocycles. The second-order valence-corrected chi connectivity index (χ2v) is 8.33. The first-order chi connectivity index (χ1) is 16.0. The molecule has 0 spiro atoms. The van der Waals surface area contributed by atoms with E-state index in [2.05, 4.69) is 15.5 Å². The van der Waals surface area contributed by atoms with Crippen LogP contribution in [0.3, 0.4) is 0 Å². The van der Waals surface area contributed by atoms with Crippen LogP contribution in [0, 0.1) is 0 Å². The zero-order chi connectivity index (χ0) is 23.2. The molecule has 0 saturated carbocycles. The van der Waals surface area contributed by atoms with Gasteiger partial charge in [-0.15, -0.1) is 10.2 Å². The van der Waals surface area contributed by atoms with Gasteiger partial charge in [0.15, 0.2) is 16.7 Å². The molecule has 4 rings (SSSR count). The molecule has 0 aliphatic carbocycles. The van der Waals surface area contributed by atoms with Crippen molar-refractivity contribution in [2.75, 3.05) is 30.8 Å². The molecule has 2 aromatic carbocycles. The van der Waals surface area contributed by atoms with Gasteiger partial charge in [0.1, 0.15) is 19.5 Å².